The minimum Gasteiger partial charge on any atom is -0.491 e. The van der Waals surface area contributed by atoms with E-state index in [9.17, 15) is 0 Å². The van der Waals surface area contributed by atoms with Crippen molar-refractivity contribution in [3.63, 3.8) is 0 Å². The molecule has 0 amide bonds. The number of hydrogen-bond acceptors (Lipinski definition) is 3. The van der Waals surface area contributed by atoms with E-state index in [2.05, 4.69) is 4.90 Å². The summed E-state index contributed by atoms with van der Waals surface area (Å²) in [5, 5.41) is 0. The maximum absolute atomic E-state index is 5.63. The minimum absolute atomic E-state index is 0.520. The van der Waals surface area contributed by atoms with Gasteiger partial charge in [0.15, 0.2) is 0 Å². The smallest absolute Gasteiger partial charge is 0.142 e. The summed E-state index contributed by atoms with van der Waals surface area (Å²) in [4.78, 5) is 2.69. The Hall–Kier alpha value is -1.29. The van der Waals surface area contributed by atoms with Crippen molar-refractivity contribution in [3.8, 4) is 5.75 Å². The quantitative estimate of drug-likeness (QED) is 0.771. The number of ether oxygens (including phenoxy) is 1. The number of hydrogen-bond donors (Lipinski definition) is 1. The number of rotatable bonds is 2. The zero-order valence-corrected chi connectivity index (χ0v) is 9.30. The second-order valence-corrected chi connectivity index (χ2v) is 4.08. The predicted molar refractivity (Wildman–Crippen MR) is 65.6 cm³/mol. The fraction of sp³-hybridized carbons (Fsp3) is 0.364. The van der Waals surface area contributed by atoms with E-state index in [1.807, 2.05) is 24.3 Å². The van der Waals surface area contributed by atoms with Crippen molar-refractivity contribution in [3.05, 3.63) is 24.3 Å². The molecule has 1 aromatic carbocycles. The van der Waals surface area contributed by atoms with Crippen molar-refractivity contribution in [2.24, 2.45) is 5.73 Å². The van der Waals surface area contributed by atoms with Crippen LogP contribution in [-0.4, -0.2) is 24.7 Å². The van der Waals surface area contributed by atoms with Gasteiger partial charge in [-0.1, -0.05) is 24.4 Å². The summed E-state index contributed by atoms with van der Waals surface area (Å²) in [7, 11) is 0. The van der Waals surface area contributed by atoms with E-state index in [-0.39, 0.29) is 0 Å². The van der Waals surface area contributed by atoms with Gasteiger partial charge in [0.05, 0.1) is 23.8 Å². The van der Waals surface area contributed by atoms with Crippen LogP contribution in [0.25, 0.3) is 0 Å². The number of thiocarbonyl (C=S) groups is 1. The van der Waals surface area contributed by atoms with E-state index in [4.69, 9.17) is 22.7 Å². The van der Waals surface area contributed by atoms with E-state index < -0.39 is 0 Å². The molecule has 0 saturated heterocycles. The van der Waals surface area contributed by atoms with Gasteiger partial charge in [-0.05, 0) is 18.6 Å². The molecule has 2 N–H and O–H groups in total. The van der Waals surface area contributed by atoms with Crippen molar-refractivity contribution in [2.75, 3.05) is 24.6 Å². The van der Waals surface area contributed by atoms with Crippen LogP contribution in [0, 0.1) is 0 Å². The van der Waals surface area contributed by atoms with Gasteiger partial charge in [0.2, 0.25) is 0 Å². The predicted octanol–water partition coefficient (Wildman–Crippen LogP) is 1.56. The first-order valence-electron chi connectivity index (χ1n) is 5.02. The average molecular weight is 222 g/mol. The zero-order valence-electron chi connectivity index (χ0n) is 8.48. The largest absolute Gasteiger partial charge is 0.491 e. The molecule has 0 unspecified atom stereocenters. The lowest BCUT2D eigenvalue weighted by Crippen LogP contribution is -2.33. The lowest BCUT2D eigenvalue weighted by atomic mass is 10.2. The van der Waals surface area contributed by atoms with Crippen molar-refractivity contribution in [1.82, 2.24) is 0 Å². The van der Waals surface area contributed by atoms with Crippen molar-refractivity contribution >= 4 is 22.9 Å². The molecule has 2 rings (SSSR count). The Labute approximate surface area is 94.8 Å². The summed E-state index contributed by atoms with van der Waals surface area (Å²) < 4.78 is 5.63. The molecule has 0 spiro atoms. The van der Waals surface area contributed by atoms with Gasteiger partial charge >= 0.3 is 0 Å². The van der Waals surface area contributed by atoms with Gasteiger partial charge in [0, 0.05) is 6.54 Å². The third kappa shape index (κ3) is 2.39. The monoisotopic (exact) mass is 222 g/mol. The highest BCUT2D eigenvalue weighted by Crippen LogP contribution is 2.29. The van der Waals surface area contributed by atoms with Gasteiger partial charge in [0.1, 0.15) is 5.75 Å². The standard InChI is InChI=1S/C11H14N2OS/c12-11(15)8-13-6-3-7-14-10-5-2-1-4-9(10)13/h1-2,4-5H,3,6-8H2,(H2,12,15). The number of anilines is 1. The first-order chi connectivity index (χ1) is 7.27. The summed E-state index contributed by atoms with van der Waals surface area (Å²) in [6.45, 7) is 2.31. The highest BCUT2D eigenvalue weighted by atomic mass is 32.1. The summed E-state index contributed by atoms with van der Waals surface area (Å²) in [6.07, 6.45) is 0.997. The minimum atomic E-state index is 0.520. The van der Waals surface area contributed by atoms with Crippen LogP contribution in [0.5, 0.6) is 5.75 Å². The molecule has 0 saturated carbocycles. The van der Waals surface area contributed by atoms with E-state index >= 15 is 0 Å². The average Bonchev–Trinajstić information content (AvgIpc) is 2.41. The van der Waals surface area contributed by atoms with Gasteiger partial charge in [-0.2, -0.15) is 0 Å². The maximum atomic E-state index is 5.63. The van der Waals surface area contributed by atoms with Crippen LogP contribution in [0.4, 0.5) is 5.69 Å². The normalized spacial score (nSPS) is 15.1. The molecule has 0 atom stereocenters. The molecular weight excluding hydrogens is 208 g/mol. The Morgan fingerprint density at radius 1 is 1.47 bits per heavy atom. The van der Waals surface area contributed by atoms with E-state index in [1.54, 1.807) is 0 Å². The van der Waals surface area contributed by atoms with Crippen LogP contribution in [0.1, 0.15) is 6.42 Å². The summed E-state index contributed by atoms with van der Waals surface area (Å²) in [6, 6.07) is 8.00. The van der Waals surface area contributed by atoms with E-state index in [0.717, 1.165) is 31.0 Å². The highest BCUT2D eigenvalue weighted by molar-refractivity contribution is 7.80. The Morgan fingerprint density at radius 2 is 2.27 bits per heavy atom. The maximum Gasteiger partial charge on any atom is 0.142 e. The Bertz CT molecular complexity index is 367. The molecule has 0 radical (unpaired) electrons. The number of nitrogens with zero attached hydrogens (tertiary/aromatic N) is 1. The molecule has 1 aromatic rings. The fourth-order valence-electron chi connectivity index (χ4n) is 1.75. The van der Waals surface area contributed by atoms with E-state index in [0.29, 0.717) is 11.5 Å². The van der Waals surface area contributed by atoms with Crippen LogP contribution < -0.4 is 15.4 Å². The first kappa shape index (κ1) is 10.2. The molecule has 1 aliphatic heterocycles. The van der Waals surface area contributed by atoms with Gasteiger partial charge < -0.3 is 15.4 Å². The van der Waals surface area contributed by atoms with Gasteiger partial charge in [-0.25, -0.2) is 0 Å². The molecule has 0 bridgehead atoms. The SMILES string of the molecule is NC(=S)CN1CCCOc2ccccc21. The third-order valence-corrected chi connectivity index (χ3v) is 2.51. The molecule has 80 valence electrons. The molecule has 0 fully saturated rings. The van der Waals surface area contributed by atoms with Crippen molar-refractivity contribution in [1.29, 1.82) is 0 Å². The molecule has 3 nitrogen and oxygen atoms in total. The van der Waals surface area contributed by atoms with Crippen molar-refractivity contribution in [2.45, 2.75) is 6.42 Å². The first-order valence-corrected chi connectivity index (χ1v) is 5.43. The third-order valence-electron chi connectivity index (χ3n) is 2.38. The molecule has 1 heterocycles. The second-order valence-electron chi connectivity index (χ2n) is 3.56. The summed E-state index contributed by atoms with van der Waals surface area (Å²) in [5.41, 5.74) is 6.67. The fourth-order valence-corrected chi connectivity index (χ4v) is 1.91. The van der Waals surface area contributed by atoms with Crippen LogP contribution in [0.15, 0.2) is 24.3 Å². The van der Waals surface area contributed by atoms with Crippen molar-refractivity contribution < 1.29 is 4.74 Å². The topological polar surface area (TPSA) is 38.5 Å². The number of para-hydroxylation sites is 2. The molecule has 1 aliphatic rings. The van der Waals surface area contributed by atoms with Gasteiger partial charge in [0.25, 0.3) is 0 Å². The van der Waals surface area contributed by atoms with Gasteiger partial charge in [-0.15, -0.1) is 0 Å². The number of fused-ring (bicyclic) bond motifs is 1. The number of benzene rings is 1. The zero-order chi connectivity index (χ0) is 10.7. The highest BCUT2D eigenvalue weighted by Gasteiger charge is 2.15. The van der Waals surface area contributed by atoms with Crippen LogP contribution in [0.2, 0.25) is 0 Å². The molecular formula is C11H14N2OS. The second kappa shape index (κ2) is 4.49. The van der Waals surface area contributed by atoms with Crippen LogP contribution >= 0.6 is 12.2 Å². The lowest BCUT2D eigenvalue weighted by molar-refractivity contribution is 0.322. The lowest BCUT2D eigenvalue weighted by Gasteiger charge is -2.22. The molecule has 4 heteroatoms. The van der Waals surface area contributed by atoms with Gasteiger partial charge in [-0.3, -0.25) is 0 Å². The Morgan fingerprint density at radius 3 is 3.07 bits per heavy atom. The Balaban J connectivity index is 2.28. The van der Waals surface area contributed by atoms with Crippen LogP contribution in [0.3, 0.4) is 0 Å². The number of nitrogens with two attached hydrogens (primary N) is 1. The molecule has 0 aromatic heterocycles. The Kier molecular flexibility index (Phi) is 3.06. The summed E-state index contributed by atoms with van der Waals surface area (Å²) in [5.74, 6) is 0.922. The van der Waals surface area contributed by atoms with E-state index in [1.165, 1.54) is 0 Å². The summed E-state index contributed by atoms with van der Waals surface area (Å²) >= 11 is 4.94. The van der Waals surface area contributed by atoms with Crippen LogP contribution in [-0.2, 0) is 0 Å². The molecule has 15 heavy (non-hydrogen) atoms. The molecule has 0 aliphatic carbocycles.